The highest BCUT2D eigenvalue weighted by molar-refractivity contribution is 5.85. The molecule has 0 unspecified atom stereocenters. The highest BCUT2D eigenvalue weighted by atomic mass is 16.6. The number of benzene rings is 1. The van der Waals surface area contributed by atoms with E-state index >= 15 is 0 Å². The summed E-state index contributed by atoms with van der Waals surface area (Å²) in [6.07, 6.45) is 0. The van der Waals surface area contributed by atoms with Gasteiger partial charge in [-0.3, -0.25) is 4.79 Å². The predicted molar refractivity (Wildman–Crippen MR) is 62.1 cm³/mol. The molecule has 2 aromatic rings. The molecule has 0 N–H and O–H groups in total. The van der Waals surface area contributed by atoms with Gasteiger partial charge in [-0.05, 0) is 12.1 Å². The van der Waals surface area contributed by atoms with Crippen LogP contribution in [0.15, 0.2) is 27.4 Å². The topological polar surface area (TPSA) is 57.9 Å². The molecular formula is C12H12O5. The maximum atomic E-state index is 12.2. The largest absolute Gasteiger partial charge is 0.496 e. The molecule has 0 bridgehead atoms. The van der Waals surface area contributed by atoms with Gasteiger partial charge in [-0.1, -0.05) is 6.07 Å². The van der Waals surface area contributed by atoms with Crippen molar-refractivity contribution in [1.82, 2.24) is 0 Å². The van der Waals surface area contributed by atoms with Crippen LogP contribution in [0, 0.1) is 0 Å². The summed E-state index contributed by atoms with van der Waals surface area (Å²) in [5.74, 6) is 0.528. The molecule has 0 spiro atoms. The molecule has 90 valence electrons. The molecule has 0 saturated carbocycles. The predicted octanol–water partition coefficient (Wildman–Crippen LogP) is 1.82. The first-order valence-corrected chi connectivity index (χ1v) is 4.94. The van der Waals surface area contributed by atoms with Crippen molar-refractivity contribution in [3.05, 3.63) is 28.4 Å². The fourth-order valence-electron chi connectivity index (χ4n) is 1.65. The van der Waals surface area contributed by atoms with Crippen molar-refractivity contribution >= 4 is 11.0 Å². The SMILES string of the molecule is COc1oc2cccc(OC)c2c(=O)c1OC. The Morgan fingerprint density at radius 3 is 2.41 bits per heavy atom. The molecule has 0 aliphatic rings. The lowest BCUT2D eigenvalue weighted by Gasteiger charge is -2.08. The lowest BCUT2D eigenvalue weighted by atomic mass is 10.2. The van der Waals surface area contributed by atoms with Crippen LogP contribution in [0.3, 0.4) is 0 Å². The number of rotatable bonds is 3. The van der Waals surface area contributed by atoms with Crippen LogP contribution in [0.4, 0.5) is 0 Å². The summed E-state index contributed by atoms with van der Waals surface area (Å²) in [5, 5.41) is 0.340. The Hall–Kier alpha value is -2.17. The Kier molecular flexibility index (Phi) is 2.91. The van der Waals surface area contributed by atoms with E-state index in [4.69, 9.17) is 18.6 Å². The van der Waals surface area contributed by atoms with Gasteiger partial charge in [0.15, 0.2) is 0 Å². The van der Waals surface area contributed by atoms with Crippen LogP contribution < -0.4 is 19.6 Å². The first kappa shape index (κ1) is 11.3. The van der Waals surface area contributed by atoms with Crippen molar-refractivity contribution in [1.29, 1.82) is 0 Å². The van der Waals surface area contributed by atoms with Crippen LogP contribution in [-0.4, -0.2) is 21.3 Å². The molecule has 5 nitrogen and oxygen atoms in total. The fraction of sp³-hybridized carbons (Fsp3) is 0.250. The second-order valence-electron chi connectivity index (χ2n) is 3.29. The Labute approximate surface area is 97.5 Å². The molecule has 0 aliphatic carbocycles. The molecular weight excluding hydrogens is 224 g/mol. The maximum Gasteiger partial charge on any atom is 0.333 e. The van der Waals surface area contributed by atoms with Crippen LogP contribution in [0.1, 0.15) is 0 Å². The van der Waals surface area contributed by atoms with Crippen LogP contribution in [-0.2, 0) is 0 Å². The van der Waals surface area contributed by atoms with Crippen LogP contribution in [0.2, 0.25) is 0 Å². The second-order valence-corrected chi connectivity index (χ2v) is 3.29. The van der Waals surface area contributed by atoms with Crippen molar-refractivity contribution in [2.24, 2.45) is 0 Å². The minimum Gasteiger partial charge on any atom is -0.496 e. The molecule has 1 aromatic heterocycles. The molecule has 5 heteroatoms. The van der Waals surface area contributed by atoms with Gasteiger partial charge in [0.2, 0.25) is 11.2 Å². The summed E-state index contributed by atoms with van der Waals surface area (Å²) in [7, 11) is 4.29. The van der Waals surface area contributed by atoms with Crippen LogP contribution in [0.25, 0.3) is 11.0 Å². The molecule has 1 aromatic carbocycles. The van der Waals surface area contributed by atoms with Crippen LogP contribution in [0.5, 0.6) is 17.4 Å². The van der Waals surface area contributed by atoms with Crippen molar-refractivity contribution in [3.63, 3.8) is 0 Å². The van der Waals surface area contributed by atoms with Crippen LogP contribution >= 0.6 is 0 Å². The Bertz CT molecular complexity index is 600. The number of ether oxygens (including phenoxy) is 3. The quantitative estimate of drug-likeness (QED) is 0.813. The highest BCUT2D eigenvalue weighted by Crippen LogP contribution is 2.31. The van der Waals surface area contributed by atoms with Gasteiger partial charge in [0.25, 0.3) is 0 Å². The molecule has 0 fully saturated rings. The Morgan fingerprint density at radius 2 is 1.82 bits per heavy atom. The van der Waals surface area contributed by atoms with Gasteiger partial charge in [0, 0.05) is 0 Å². The molecule has 0 radical (unpaired) electrons. The third kappa shape index (κ3) is 1.69. The van der Waals surface area contributed by atoms with Gasteiger partial charge in [-0.25, -0.2) is 0 Å². The van der Waals surface area contributed by atoms with E-state index in [2.05, 4.69) is 0 Å². The minimum atomic E-state index is -0.317. The van der Waals surface area contributed by atoms with Gasteiger partial charge in [-0.2, -0.15) is 0 Å². The smallest absolute Gasteiger partial charge is 0.333 e. The van der Waals surface area contributed by atoms with E-state index in [1.54, 1.807) is 18.2 Å². The first-order chi connectivity index (χ1) is 8.22. The monoisotopic (exact) mass is 236 g/mol. The number of methoxy groups -OCH3 is 3. The zero-order valence-electron chi connectivity index (χ0n) is 9.77. The van der Waals surface area contributed by atoms with Gasteiger partial charge < -0.3 is 18.6 Å². The zero-order chi connectivity index (χ0) is 12.4. The van der Waals surface area contributed by atoms with E-state index in [-0.39, 0.29) is 17.1 Å². The summed E-state index contributed by atoms with van der Waals surface area (Å²) in [5.41, 5.74) is 0.0788. The molecule has 2 rings (SSSR count). The molecule has 17 heavy (non-hydrogen) atoms. The summed E-state index contributed by atoms with van der Waals surface area (Å²) in [6.45, 7) is 0. The normalized spacial score (nSPS) is 10.3. The summed E-state index contributed by atoms with van der Waals surface area (Å²) in [4.78, 5) is 12.2. The lowest BCUT2D eigenvalue weighted by Crippen LogP contribution is -2.08. The van der Waals surface area contributed by atoms with E-state index in [1.165, 1.54) is 21.3 Å². The van der Waals surface area contributed by atoms with Gasteiger partial charge in [-0.15, -0.1) is 0 Å². The lowest BCUT2D eigenvalue weighted by molar-refractivity contribution is 0.275. The third-order valence-corrected chi connectivity index (χ3v) is 2.42. The summed E-state index contributed by atoms with van der Waals surface area (Å²) in [6, 6.07) is 5.09. The maximum absolute atomic E-state index is 12.2. The van der Waals surface area contributed by atoms with E-state index in [0.29, 0.717) is 16.7 Å². The number of hydrogen-bond acceptors (Lipinski definition) is 5. The Balaban J connectivity index is 2.91. The van der Waals surface area contributed by atoms with Gasteiger partial charge in [0.05, 0.1) is 21.3 Å². The van der Waals surface area contributed by atoms with Crippen molar-refractivity contribution in [2.75, 3.05) is 21.3 Å². The average molecular weight is 236 g/mol. The molecule has 0 amide bonds. The molecule has 1 heterocycles. The summed E-state index contributed by atoms with van der Waals surface area (Å²) < 4.78 is 20.5. The third-order valence-electron chi connectivity index (χ3n) is 2.42. The minimum absolute atomic E-state index is 0.0319. The van der Waals surface area contributed by atoms with Gasteiger partial charge in [0.1, 0.15) is 16.7 Å². The van der Waals surface area contributed by atoms with E-state index in [0.717, 1.165) is 0 Å². The van der Waals surface area contributed by atoms with Crippen molar-refractivity contribution in [3.8, 4) is 17.4 Å². The fourth-order valence-corrected chi connectivity index (χ4v) is 1.65. The first-order valence-electron chi connectivity index (χ1n) is 4.94. The molecule has 0 aliphatic heterocycles. The van der Waals surface area contributed by atoms with Crippen molar-refractivity contribution in [2.45, 2.75) is 0 Å². The zero-order valence-corrected chi connectivity index (χ0v) is 9.77. The van der Waals surface area contributed by atoms with E-state index in [9.17, 15) is 4.79 Å². The Morgan fingerprint density at radius 1 is 1.06 bits per heavy atom. The molecule has 0 atom stereocenters. The molecule has 0 saturated heterocycles. The van der Waals surface area contributed by atoms with E-state index in [1.807, 2.05) is 0 Å². The van der Waals surface area contributed by atoms with Crippen molar-refractivity contribution < 1.29 is 18.6 Å². The average Bonchev–Trinajstić information content (AvgIpc) is 2.37. The summed E-state index contributed by atoms with van der Waals surface area (Å²) >= 11 is 0. The standard InChI is InChI=1S/C12H12O5/c1-14-7-5-4-6-8-9(7)10(13)11(15-2)12(16-3)17-8/h4-6H,1-3H3. The van der Waals surface area contributed by atoms with Gasteiger partial charge >= 0.3 is 5.95 Å². The number of fused-ring (bicyclic) bond motifs is 1. The van der Waals surface area contributed by atoms with E-state index < -0.39 is 0 Å². The second kappa shape index (κ2) is 4.37. The number of hydrogen-bond donors (Lipinski definition) is 0. The highest BCUT2D eigenvalue weighted by Gasteiger charge is 2.18.